The van der Waals surface area contributed by atoms with Gasteiger partial charge in [0.15, 0.2) is 0 Å². The van der Waals surface area contributed by atoms with Gasteiger partial charge < -0.3 is 10.0 Å². The van der Waals surface area contributed by atoms with Gasteiger partial charge in [0.1, 0.15) is 0 Å². The summed E-state index contributed by atoms with van der Waals surface area (Å²) in [6.07, 6.45) is 7.73. The van der Waals surface area contributed by atoms with Crippen molar-refractivity contribution in [3.05, 3.63) is 0 Å². The van der Waals surface area contributed by atoms with E-state index in [0.29, 0.717) is 0 Å². The number of carboxylic acids is 1. The van der Waals surface area contributed by atoms with Crippen LogP contribution in [0.3, 0.4) is 0 Å². The predicted molar refractivity (Wildman–Crippen MR) is 68.1 cm³/mol. The summed E-state index contributed by atoms with van der Waals surface area (Å²) in [6.45, 7) is 1.63. The normalized spacial score (nSPS) is 23.0. The molecule has 1 heterocycles. The van der Waals surface area contributed by atoms with Crippen molar-refractivity contribution in [2.24, 2.45) is 11.8 Å². The quantitative estimate of drug-likeness (QED) is 0.836. The molecule has 102 valence electrons. The van der Waals surface area contributed by atoms with Gasteiger partial charge in [-0.25, -0.2) is 0 Å². The van der Waals surface area contributed by atoms with Crippen molar-refractivity contribution in [1.82, 2.24) is 4.90 Å². The topological polar surface area (TPSA) is 57.6 Å². The largest absolute Gasteiger partial charge is 0.481 e. The number of likely N-dealkylation sites (tertiary alicyclic amines) is 1. The Morgan fingerprint density at radius 1 is 1.06 bits per heavy atom. The van der Waals surface area contributed by atoms with Crippen LogP contribution in [0.4, 0.5) is 0 Å². The fourth-order valence-corrected chi connectivity index (χ4v) is 3.28. The van der Waals surface area contributed by atoms with Crippen LogP contribution in [0, 0.1) is 11.8 Å². The maximum atomic E-state index is 12.1. The number of carboxylic acid groups (broad SMARTS) is 1. The summed E-state index contributed by atoms with van der Waals surface area (Å²) in [7, 11) is 0. The average Bonchev–Trinajstić information content (AvgIpc) is 2.90. The summed E-state index contributed by atoms with van der Waals surface area (Å²) >= 11 is 0. The van der Waals surface area contributed by atoms with Gasteiger partial charge in [0, 0.05) is 19.5 Å². The second kappa shape index (κ2) is 6.21. The fraction of sp³-hybridized carbons (Fsp3) is 0.857. The number of aliphatic carboxylic acids is 1. The molecule has 0 aromatic heterocycles. The van der Waals surface area contributed by atoms with Gasteiger partial charge in [-0.15, -0.1) is 0 Å². The standard InChI is InChI=1S/C14H23NO3/c16-13(15-8-4-5-9-15)10-12(14(17)18)11-6-2-1-3-7-11/h11-12H,1-10H2,(H,17,18)/t12-/m0/s1. The van der Waals surface area contributed by atoms with Crippen LogP contribution in [0.15, 0.2) is 0 Å². The molecule has 0 unspecified atom stereocenters. The zero-order chi connectivity index (χ0) is 13.0. The number of nitrogens with zero attached hydrogens (tertiary/aromatic N) is 1. The molecule has 2 fully saturated rings. The molecule has 2 rings (SSSR count). The van der Waals surface area contributed by atoms with Crippen LogP contribution < -0.4 is 0 Å². The molecule has 0 radical (unpaired) electrons. The number of carbonyl (C=O) groups excluding carboxylic acids is 1. The highest BCUT2D eigenvalue weighted by Gasteiger charge is 2.33. The van der Waals surface area contributed by atoms with Crippen molar-refractivity contribution < 1.29 is 14.7 Å². The van der Waals surface area contributed by atoms with Crippen LogP contribution in [0.25, 0.3) is 0 Å². The van der Waals surface area contributed by atoms with Gasteiger partial charge in [0.05, 0.1) is 5.92 Å². The SMILES string of the molecule is O=C(O)[C@@H](CC(=O)N1CCCC1)C1CCCCC1. The highest BCUT2D eigenvalue weighted by Crippen LogP contribution is 2.32. The molecule has 1 aliphatic heterocycles. The van der Waals surface area contributed by atoms with Crippen LogP contribution in [0.5, 0.6) is 0 Å². The first-order valence-corrected chi connectivity index (χ1v) is 7.19. The Bertz CT molecular complexity index is 304. The summed E-state index contributed by atoms with van der Waals surface area (Å²) in [6, 6.07) is 0. The molecule has 1 saturated heterocycles. The second-order valence-corrected chi connectivity index (χ2v) is 5.63. The van der Waals surface area contributed by atoms with E-state index in [1.165, 1.54) is 6.42 Å². The molecule has 1 N–H and O–H groups in total. The van der Waals surface area contributed by atoms with E-state index in [2.05, 4.69) is 0 Å². The van der Waals surface area contributed by atoms with Gasteiger partial charge in [-0.05, 0) is 31.6 Å². The zero-order valence-electron chi connectivity index (χ0n) is 10.9. The summed E-state index contributed by atoms with van der Waals surface area (Å²) in [5.74, 6) is -0.985. The van der Waals surface area contributed by atoms with Gasteiger partial charge in [0.2, 0.25) is 5.91 Å². The first-order valence-electron chi connectivity index (χ1n) is 7.19. The average molecular weight is 253 g/mol. The number of carbonyl (C=O) groups is 2. The summed E-state index contributed by atoms with van der Waals surface area (Å²) in [5.41, 5.74) is 0. The van der Waals surface area contributed by atoms with E-state index in [9.17, 15) is 14.7 Å². The lowest BCUT2D eigenvalue weighted by Gasteiger charge is -2.28. The molecule has 1 atom stereocenters. The number of hydrogen-bond acceptors (Lipinski definition) is 2. The molecule has 0 spiro atoms. The van der Waals surface area contributed by atoms with E-state index < -0.39 is 11.9 Å². The Hall–Kier alpha value is -1.06. The van der Waals surface area contributed by atoms with Crippen LogP contribution in [0.2, 0.25) is 0 Å². The van der Waals surface area contributed by atoms with Gasteiger partial charge >= 0.3 is 5.97 Å². The van der Waals surface area contributed by atoms with E-state index in [-0.39, 0.29) is 18.2 Å². The highest BCUT2D eigenvalue weighted by molar-refractivity contribution is 5.82. The fourth-order valence-electron chi connectivity index (χ4n) is 3.28. The Morgan fingerprint density at radius 3 is 2.22 bits per heavy atom. The molecule has 2 aliphatic rings. The van der Waals surface area contributed by atoms with Gasteiger partial charge in [-0.1, -0.05) is 19.3 Å². The third-order valence-corrected chi connectivity index (χ3v) is 4.39. The maximum Gasteiger partial charge on any atom is 0.307 e. The van der Waals surface area contributed by atoms with Crippen LogP contribution in [-0.4, -0.2) is 35.0 Å². The van der Waals surface area contributed by atoms with Crippen molar-refractivity contribution in [3.8, 4) is 0 Å². The summed E-state index contributed by atoms with van der Waals surface area (Å²) in [4.78, 5) is 25.3. The van der Waals surface area contributed by atoms with E-state index in [1.54, 1.807) is 0 Å². The first kappa shape index (κ1) is 13.4. The van der Waals surface area contributed by atoms with Gasteiger partial charge in [-0.3, -0.25) is 9.59 Å². The molecule has 0 aromatic rings. The lowest BCUT2D eigenvalue weighted by Crippen LogP contribution is -2.34. The minimum Gasteiger partial charge on any atom is -0.481 e. The van der Waals surface area contributed by atoms with Crippen molar-refractivity contribution in [2.45, 2.75) is 51.4 Å². The molecule has 1 amide bonds. The zero-order valence-corrected chi connectivity index (χ0v) is 10.9. The molecule has 1 saturated carbocycles. The first-order chi connectivity index (χ1) is 8.68. The second-order valence-electron chi connectivity index (χ2n) is 5.63. The maximum absolute atomic E-state index is 12.1. The van der Waals surface area contributed by atoms with Crippen molar-refractivity contribution in [3.63, 3.8) is 0 Å². The molecule has 4 nitrogen and oxygen atoms in total. The molecule has 1 aliphatic carbocycles. The lowest BCUT2D eigenvalue weighted by molar-refractivity contribution is -0.148. The molecule has 18 heavy (non-hydrogen) atoms. The molecule has 0 bridgehead atoms. The van der Waals surface area contributed by atoms with E-state index >= 15 is 0 Å². The Kier molecular flexibility index (Phi) is 4.61. The van der Waals surface area contributed by atoms with Gasteiger partial charge in [-0.2, -0.15) is 0 Å². The molecular weight excluding hydrogens is 230 g/mol. The van der Waals surface area contributed by atoms with Gasteiger partial charge in [0.25, 0.3) is 0 Å². The minimum absolute atomic E-state index is 0.0467. The molecule has 4 heteroatoms. The van der Waals surface area contributed by atoms with E-state index in [4.69, 9.17) is 0 Å². The van der Waals surface area contributed by atoms with Crippen molar-refractivity contribution in [2.75, 3.05) is 13.1 Å². The highest BCUT2D eigenvalue weighted by atomic mass is 16.4. The lowest BCUT2D eigenvalue weighted by atomic mass is 9.78. The number of hydrogen-bond donors (Lipinski definition) is 1. The Labute approximate surface area is 108 Å². The summed E-state index contributed by atoms with van der Waals surface area (Å²) in [5, 5.41) is 9.35. The summed E-state index contributed by atoms with van der Waals surface area (Å²) < 4.78 is 0. The van der Waals surface area contributed by atoms with E-state index in [0.717, 1.165) is 51.6 Å². The van der Waals surface area contributed by atoms with Crippen LogP contribution >= 0.6 is 0 Å². The Morgan fingerprint density at radius 2 is 1.67 bits per heavy atom. The number of amides is 1. The smallest absolute Gasteiger partial charge is 0.307 e. The van der Waals surface area contributed by atoms with Crippen molar-refractivity contribution in [1.29, 1.82) is 0 Å². The third-order valence-electron chi connectivity index (χ3n) is 4.39. The molecular formula is C14H23NO3. The monoisotopic (exact) mass is 253 g/mol. The predicted octanol–water partition coefficient (Wildman–Crippen LogP) is 2.28. The van der Waals surface area contributed by atoms with Crippen molar-refractivity contribution >= 4 is 11.9 Å². The number of rotatable bonds is 4. The molecule has 0 aromatic carbocycles. The third kappa shape index (κ3) is 3.24. The Balaban J connectivity index is 1.92. The van der Waals surface area contributed by atoms with E-state index in [1.807, 2.05) is 4.90 Å². The van der Waals surface area contributed by atoms with Crippen LogP contribution in [-0.2, 0) is 9.59 Å². The van der Waals surface area contributed by atoms with Crippen LogP contribution in [0.1, 0.15) is 51.4 Å². The minimum atomic E-state index is -0.783.